The normalized spacial score (nSPS) is 10.7. The van der Waals surface area contributed by atoms with Crippen LogP contribution in [0.3, 0.4) is 0 Å². The molecular formula is C12H18N2O4. The Morgan fingerprint density at radius 3 is 2.67 bits per heavy atom. The van der Waals surface area contributed by atoms with Crippen molar-refractivity contribution in [3.63, 3.8) is 0 Å². The highest BCUT2D eigenvalue weighted by Crippen LogP contribution is 2.23. The SMILES string of the molecule is CC(C)OCCOc1ccc([N+](=O)[O-])cc1CN. The molecule has 2 N–H and O–H groups in total. The van der Waals surface area contributed by atoms with E-state index in [1.165, 1.54) is 12.1 Å². The topological polar surface area (TPSA) is 87.6 Å². The van der Waals surface area contributed by atoms with E-state index in [4.69, 9.17) is 15.2 Å². The number of nitro groups is 1. The van der Waals surface area contributed by atoms with E-state index in [-0.39, 0.29) is 18.3 Å². The molecule has 0 bridgehead atoms. The van der Waals surface area contributed by atoms with E-state index in [1.807, 2.05) is 13.8 Å². The van der Waals surface area contributed by atoms with Gasteiger partial charge in [-0.1, -0.05) is 0 Å². The number of benzene rings is 1. The summed E-state index contributed by atoms with van der Waals surface area (Å²) in [5.74, 6) is 0.565. The highest BCUT2D eigenvalue weighted by molar-refractivity contribution is 5.43. The van der Waals surface area contributed by atoms with E-state index in [2.05, 4.69) is 0 Å². The van der Waals surface area contributed by atoms with Crippen LogP contribution in [0.2, 0.25) is 0 Å². The number of hydrogen-bond acceptors (Lipinski definition) is 5. The van der Waals surface area contributed by atoms with Crippen LogP contribution < -0.4 is 10.5 Å². The maximum absolute atomic E-state index is 10.6. The van der Waals surface area contributed by atoms with Crippen molar-refractivity contribution in [3.8, 4) is 5.75 Å². The summed E-state index contributed by atoms with van der Waals surface area (Å²) in [6.07, 6.45) is 0.152. The second-order valence-corrected chi connectivity index (χ2v) is 4.02. The molecule has 6 nitrogen and oxygen atoms in total. The molecule has 0 atom stereocenters. The summed E-state index contributed by atoms with van der Waals surface area (Å²) in [6, 6.07) is 4.39. The maximum atomic E-state index is 10.6. The Morgan fingerprint density at radius 1 is 1.39 bits per heavy atom. The summed E-state index contributed by atoms with van der Waals surface area (Å²) in [5, 5.41) is 10.6. The first kappa shape index (κ1) is 14.4. The molecule has 0 aliphatic rings. The number of ether oxygens (including phenoxy) is 2. The van der Waals surface area contributed by atoms with Gasteiger partial charge in [-0.05, 0) is 19.9 Å². The van der Waals surface area contributed by atoms with Gasteiger partial charge in [0.05, 0.1) is 17.6 Å². The molecule has 1 rings (SSSR count). The lowest BCUT2D eigenvalue weighted by Crippen LogP contribution is -2.12. The van der Waals surface area contributed by atoms with Gasteiger partial charge in [-0.2, -0.15) is 0 Å². The second kappa shape index (κ2) is 6.93. The van der Waals surface area contributed by atoms with Gasteiger partial charge in [-0.15, -0.1) is 0 Å². The summed E-state index contributed by atoms with van der Waals surface area (Å²) in [6.45, 7) is 4.94. The van der Waals surface area contributed by atoms with Crippen molar-refractivity contribution in [3.05, 3.63) is 33.9 Å². The van der Waals surface area contributed by atoms with Gasteiger partial charge in [0.2, 0.25) is 0 Å². The minimum absolute atomic E-state index is 0.0150. The first-order chi connectivity index (χ1) is 8.54. The molecular weight excluding hydrogens is 236 g/mol. The Labute approximate surface area is 106 Å². The molecule has 6 heteroatoms. The minimum atomic E-state index is -0.454. The molecule has 18 heavy (non-hydrogen) atoms. The van der Waals surface area contributed by atoms with Gasteiger partial charge in [-0.3, -0.25) is 10.1 Å². The van der Waals surface area contributed by atoms with Crippen LogP contribution in [-0.4, -0.2) is 24.2 Å². The highest BCUT2D eigenvalue weighted by Gasteiger charge is 2.10. The Bertz CT molecular complexity index is 407. The van der Waals surface area contributed by atoms with E-state index in [9.17, 15) is 10.1 Å². The van der Waals surface area contributed by atoms with Crippen molar-refractivity contribution in [1.29, 1.82) is 0 Å². The smallest absolute Gasteiger partial charge is 0.270 e. The molecule has 0 saturated heterocycles. The fraction of sp³-hybridized carbons (Fsp3) is 0.500. The first-order valence-electron chi connectivity index (χ1n) is 5.76. The quantitative estimate of drug-likeness (QED) is 0.456. The molecule has 0 spiro atoms. The van der Waals surface area contributed by atoms with Gasteiger partial charge in [0, 0.05) is 24.2 Å². The zero-order valence-corrected chi connectivity index (χ0v) is 10.6. The zero-order chi connectivity index (χ0) is 13.5. The lowest BCUT2D eigenvalue weighted by Gasteiger charge is -2.11. The predicted molar refractivity (Wildman–Crippen MR) is 67.6 cm³/mol. The average molecular weight is 254 g/mol. The number of non-ortho nitro benzene ring substituents is 1. The summed E-state index contributed by atoms with van der Waals surface area (Å²) in [5.41, 5.74) is 6.17. The van der Waals surface area contributed by atoms with Crippen molar-refractivity contribution in [2.24, 2.45) is 5.73 Å². The van der Waals surface area contributed by atoms with Gasteiger partial charge in [0.25, 0.3) is 5.69 Å². The fourth-order valence-electron chi connectivity index (χ4n) is 1.42. The molecule has 0 amide bonds. The van der Waals surface area contributed by atoms with E-state index in [0.29, 0.717) is 24.5 Å². The van der Waals surface area contributed by atoms with Gasteiger partial charge < -0.3 is 15.2 Å². The highest BCUT2D eigenvalue weighted by atomic mass is 16.6. The Hall–Kier alpha value is -1.66. The average Bonchev–Trinajstić information content (AvgIpc) is 2.34. The number of nitro benzene ring substituents is 1. The molecule has 1 aromatic rings. The van der Waals surface area contributed by atoms with Crippen molar-refractivity contribution in [2.75, 3.05) is 13.2 Å². The second-order valence-electron chi connectivity index (χ2n) is 4.02. The summed E-state index contributed by atoms with van der Waals surface area (Å²) in [4.78, 5) is 10.2. The zero-order valence-electron chi connectivity index (χ0n) is 10.6. The largest absolute Gasteiger partial charge is 0.491 e. The standard InChI is InChI=1S/C12H18N2O4/c1-9(2)17-5-6-18-12-4-3-11(14(15)16)7-10(12)8-13/h3-4,7,9H,5-6,8,13H2,1-2H3. The lowest BCUT2D eigenvalue weighted by atomic mass is 10.2. The Kier molecular flexibility index (Phi) is 5.54. The van der Waals surface area contributed by atoms with E-state index >= 15 is 0 Å². The summed E-state index contributed by atoms with van der Waals surface area (Å²) in [7, 11) is 0. The molecule has 0 saturated carbocycles. The molecule has 0 radical (unpaired) electrons. The molecule has 0 aromatic heterocycles. The fourth-order valence-corrected chi connectivity index (χ4v) is 1.42. The molecule has 0 fully saturated rings. The predicted octanol–water partition coefficient (Wildman–Crippen LogP) is 1.86. The molecule has 0 aliphatic carbocycles. The van der Waals surface area contributed by atoms with Gasteiger partial charge >= 0.3 is 0 Å². The van der Waals surface area contributed by atoms with Crippen LogP contribution in [0.4, 0.5) is 5.69 Å². The van der Waals surface area contributed by atoms with Gasteiger partial charge in [0.1, 0.15) is 12.4 Å². The van der Waals surface area contributed by atoms with Crippen LogP contribution in [0.25, 0.3) is 0 Å². The summed E-state index contributed by atoms with van der Waals surface area (Å²) >= 11 is 0. The van der Waals surface area contributed by atoms with Crippen LogP contribution in [0.15, 0.2) is 18.2 Å². The van der Waals surface area contributed by atoms with Gasteiger partial charge in [-0.25, -0.2) is 0 Å². The molecule has 100 valence electrons. The third kappa shape index (κ3) is 4.31. The van der Waals surface area contributed by atoms with Crippen LogP contribution in [0.1, 0.15) is 19.4 Å². The third-order valence-corrected chi connectivity index (χ3v) is 2.27. The number of nitrogens with zero attached hydrogens (tertiary/aromatic N) is 1. The van der Waals surface area contributed by atoms with Crippen molar-refractivity contribution in [2.45, 2.75) is 26.5 Å². The van der Waals surface area contributed by atoms with Crippen LogP contribution in [-0.2, 0) is 11.3 Å². The lowest BCUT2D eigenvalue weighted by molar-refractivity contribution is -0.384. The van der Waals surface area contributed by atoms with Crippen LogP contribution >= 0.6 is 0 Å². The van der Waals surface area contributed by atoms with Gasteiger partial charge in [0.15, 0.2) is 0 Å². The monoisotopic (exact) mass is 254 g/mol. The van der Waals surface area contributed by atoms with E-state index in [0.717, 1.165) is 0 Å². The first-order valence-corrected chi connectivity index (χ1v) is 5.76. The Balaban J connectivity index is 2.62. The third-order valence-electron chi connectivity index (χ3n) is 2.27. The van der Waals surface area contributed by atoms with E-state index < -0.39 is 4.92 Å². The van der Waals surface area contributed by atoms with Crippen molar-refractivity contribution >= 4 is 5.69 Å². The van der Waals surface area contributed by atoms with Crippen molar-refractivity contribution in [1.82, 2.24) is 0 Å². The Morgan fingerprint density at radius 2 is 2.11 bits per heavy atom. The van der Waals surface area contributed by atoms with Crippen LogP contribution in [0, 0.1) is 10.1 Å². The van der Waals surface area contributed by atoms with E-state index in [1.54, 1.807) is 6.07 Å². The summed E-state index contributed by atoms with van der Waals surface area (Å²) < 4.78 is 10.8. The molecule has 0 aliphatic heterocycles. The maximum Gasteiger partial charge on any atom is 0.270 e. The van der Waals surface area contributed by atoms with Crippen LogP contribution in [0.5, 0.6) is 5.75 Å². The molecule has 1 aromatic carbocycles. The number of rotatable bonds is 7. The van der Waals surface area contributed by atoms with Crippen molar-refractivity contribution < 1.29 is 14.4 Å². The number of nitrogens with two attached hydrogens (primary N) is 1. The molecule has 0 unspecified atom stereocenters. The minimum Gasteiger partial charge on any atom is -0.491 e. The molecule has 0 heterocycles. The number of hydrogen-bond donors (Lipinski definition) is 1.